The number of likely N-dealkylation sites (N-methyl/N-ethyl adjacent to an activating group) is 1. The number of carbonyl (C=O) groups is 3. The number of hydrogen-bond acceptors (Lipinski definition) is 5. The maximum absolute atomic E-state index is 13.1. The Labute approximate surface area is 205 Å². The van der Waals surface area contributed by atoms with E-state index in [0.29, 0.717) is 13.2 Å². The fourth-order valence-corrected chi connectivity index (χ4v) is 5.00. The largest absolute Gasteiger partial charge is 0.481 e. The predicted molar refractivity (Wildman–Crippen MR) is 130 cm³/mol. The van der Waals surface area contributed by atoms with E-state index in [9.17, 15) is 14.4 Å². The average molecular weight is 481 g/mol. The van der Waals surface area contributed by atoms with Gasteiger partial charge in [0.2, 0.25) is 5.91 Å². The van der Waals surface area contributed by atoms with Gasteiger partial charge in [0.25, 0.3) is 0 Å². The number of nitrogens with zero attached hydrogens (tertiary/aromatic N) is 1. The van der Waals surface area contributed by atoms with Crippen molar-refractivity contribution < 1.29 is 29.0 Å². The number of aliphatic carboxylic acids is 1. The highest BCUT2D eigenvalue weighted by Crippen LogP contribution is 2.44. The van der Waals surface area contributed by atoms with Gasteiger partial charge in [-0.15, -0.1) is 0 Å². The van der Waals surface area contributed by atoms with Gasteiger partial charge < -0.3 is 24.8 Å². The molecule has 0 bridgehead atoms. The van der Waals surface area contributed by atoms with Gasteiger partial charge in [-0.1, -0.05) is 48.5 Å². The third-order valence-electron chi connectivity index (χ3n) is 6.74. The summed E-state index contributed by atoms with van der Waals surface area (Å²) in [4.78, 5) is 38.5. The van der Waals surface area contributed by atoms with E-state index < -0.39 is 18.1 Å². The van der Waals surface area contributed by atoms with E-state index in [-0.39, 0.29) is 37.2 Å². The second-order valence-electron chi connectivity index (χ2n) is 9.26. The van der Waals surface area contributed by atoms with Gasteiger partial charge in [-0.05, 0) is 47.4 Å². The number of carbonyl (C=O) groups excluding carboxylic acids is 2. The van der Waals surface area contributed by atoms with Crippen molar-refractivity contribution in [1.82, 2.24) is 10.2 Å². The zero-order chi connectivity index (χ0) is 24.8. The van der Waals surface area contributed by atoms with Gasteiger partial charge in [-0.25, -0.2) is 4.79 Å². The van der Waals surface area contributed by atoms with Gasteiger partial charge in [-0.3, -0.25) is 9.59 Å². The molecule has 1 saturated heterocycles. The van der Waals surface area contributed by atoms with Crippen molar-refractivity contribution in [1.29, 1.82) is 0 Å². The summed E-state index contributed by atoms with van der Waals surface area (Å²) in [5.41, 5.74) is 4.43. The first-order valence-corrected chi connectivity index (χ1v) is 12.1. The average Bonchev–Trinajstić information content (AvgIpc) is 3.19. The Kier molecular flexibility index (Phi) is 8.02. The van der Waals surface area contributed by atoms with Crippen LogP contribution in [0.3, 0.4) is 0 Å². The van der Waals surface area contributed by atoms with Crippen LogP contribution < -0.4 is 5.32 Å². The molecule has 0 aromatic heterocycles. The summed E-state index contributed by atoms with van der Waals surface area (Å²) >= 11 is 0. The highest BCUT2D eigenvalue weighted by molar-refractivity contribution is 5.86. The number of rotatable bonds is 9. The number of fused-ring (bicyclic) bond motifs is 3. The second kappa shape index (κ2) is 11.4. The Morgan fingerprint density at radius 1 is 1.11 bits per heavy atom. The van der Waals surface area contributed by atoms with Crippen molar-refractivity contribution in [3.05, 3.63) is 59.7 Å². The van der Waals surface area contributed by atoms with Crippen molar-refractivity contribution in [3.63, 3.8) is 0 Å². The van der Waals surface area contributed by atoms with Crippen LogP contribution in [-0.2, 0) is 19.1 Å². The van der Waals surface area contributed by atoms with Crippen LogP contribution in [0, 0.1) is 5.92 Å². The molecule has 2 amide bonds. The highest BCUT2D eigenvalue weighted by Gasteiger charge is 2.31. The number of hydrogen-bond donors (Lipinski definition) is 2. The molecule has 1 heterocycles. The number of ether oxygens (including phenoxy) is 2. The predicted octanol–water partition coefficient (Wildman–Crippen LogP) is 3.64. The molecule has 2 atom stereocenters. The lowest BCUT2D eigenvalue weighted by Crippen LogP contribution is -2.49. The van der Waals surface area contributed by atoms with Gasteiger partial charge >= 0.3 is 12.1 Å². The van der Waals surface area contributed by atoms with E-state index in [1.807, 2.05) is 36.4 Å². The Balaban J connectivity index is 1.39. The van der Waals surface area contributed by atoms with Crippen molar-refractivity contribution in [2.75, 3.05) is 33.4 Å². The molecule has 1 fully saturated rings. The minimum Gasteiger partial charge on any atom is -0.481 e. The van der Waals surface area contributed by atoms with Crippen LogP contribution in [0.15, 0.2) is 48.5 Å². The summed E-state index contributed by atoms with van der Waals surface area (Å²) in [5, 5.41) is 11.7. The van der Waals surface area contributed by atoms with Crippen molar-refractivity contribution >= 4 is 18.0 Å². The lowest BCUT2D eigenvalue weighted by atomic mass is 9.98. The molecule has 1 aliphatic heterocycles. The smallest absolute Gasteiger partial charge is 0.407 e. The summed E-state index contributed by atoms with van der Waals surface area (Å²) in [6.45, 7) is 1.94. The molecule has 186 valence electrons. The minimum absolute atomic E-state index is 0.0101. The number of benzene rings is 2. The van der Waals surface area contributed by atoms with E-state index in [2.05, 4.69) is 17.4 Å². The molecule has 8 nitrogen and oxygen atoms in total. The maximum Gasteiger partial charge on any atom is 0.407 e. The minimum atomic E-state index is -1.03. The van der Waals surface area contributed by atoms with Crippen LogP contribution in [0.1, 0.15) is 42.7 Å². The molecular weight excluding hydrogens is 448 g/mol. The highest BCUT2D eigenvalue weighted by atomic mass is 16.5. The van der Waals surface area contributed by atoms with Gasteiger partial charge in [0.05, 0.1) is 6.61 Å². The van der Waals surface area contributed by atoms with E-state index in [4.69, 9.17) is 14.6 Å². The molecule has 0 spiro atoms. The second-order valence-corrected chi connectivity index (χ2v) is 9.26. The fourth-order valence-electron chi connectivity index (χ4n) is 5.00. The molecule has 2 N–H and O–H groups in total. The Morgan fingerprint density at radius 2 is 1.77 bits per heavy atom. The van der Waals surface area contributed by atoms with Crippen LogP contribution in [-0.4, -0.2) is 67.4 Å². The monoisotopic (exact) mass is 480 g/mol. The molecule has 0 saturated carbocycles. The van der Waals surface area contributed by atoms with Gasteiger partial charge in [0.15, 0.2) is 0 Å². The van der Waals surface area contributed by atoms with E-state index >= 15 is 0 Å². The van der Waals surface area contributed by atoms with E-state index in [0.717, 1.165) is 41.7 Å². The van der Waals surface area contributed by atoms with Crippen LogP contribution in [0.5, 0.6) is 0 Å². The molecule has 0 radical (unpaired) electrons. The maximum atomic E-state index is 13.1. The lowest BCUT2D eigenvalue weighted by Gasteiger charge is -2.29. The Bertz CT molecular complexity index is 1020. The van der Waals surface area contributed by atoms with Crippen molar-refractivity contribution in [2.24, 2.45) is 5.92 Å². The molecule has 2 aromatic rings. The van der Waals surface area contributed by atoms with Gasteiger partial charge in [-0.2, -0.15) is 0 Å². The molecule has 1 aliphatic carbocycles. The van der Waals surface area contributed by atoms with E-state index in [1.165, 1.54) is 0 Å². The summed E-state index contributed by atoms with van der Waals surface area (Å²) in [7, 11) is 1.67. The molecule has 4 rings (SSSR count). The molecule has 2 aromatic carbocycles. The van der Waals surface area contributed by atoms with Gasteiger partial charge in [0, 0.05) is 32.5 Å². The molecular formula is C27H32N2O6. The molecule has 8 heteroatoms. The Hall–Kier alpha value is -3.39. The van der Waals surface area contributed by atoms with Crippen LogP contribution >= 0.6 is 0 Å². The summed E-state index contributed by atoms with van der Waals surface area (Å²) in [5.74, 6) is -1.23. The first-order chi connectivity index (χ1) is 16.9. The fraction of sp³-hybridized carbons (Fsp3) is 0.444. The topological polar surface area (TPSA) is 105 Å². The van der Waals surface area contributed by atoms with Crippen LogP contribution in [0.4, 0.5) is 4.79 Å². The van der Waals surface area contributed by atoms with Crippen LogP contribution in [0.2, 0.25) is 0 Å². The quantitative estimate of drug-likeness (QED) is 0.568. The molecule has 2 unspecified atom stereocenters. The van der Waals surface area contributed by atoms with Crippen molar-refractivity contribution in [3.8, 4) is 11.1 Å². The number of alkyl carbamates (subject to hydrolysis) is 1. The van der Waals surface area contributed by atoms with E-state index in [1.54, 1.807) is 11.9 Å². The first kappa shape index (κ1) is 24.7. The molecule has 35 heavy (non-hydrogen) atoms. The number of nitrogens with one attached hydrogen (secondary N) is 1. The number of carboxylic acids is 1. The Morgan fingerprint density at radius 3 is 2.37 bits per heavy atom. The third-order valence-corrected chi connectivity index (χ3v) is 6.74. The van der Waals surface area contributed by atoms with Crippen molar-refractivity contribution in [2.45, 2.75) is 37.6 Å². The summed E-state index contributed by atoms with van der Waals surface area (Å²) < 4.78 is 11.1. The summed E-state index contributed by atoms with van der Waals surface area (Å²) in [6.07, 6.45) is 0.944. The first-order valence-electron chi connectivity index (χ1n) is 12.1. The standard InChI is InChI=1S/C27H32N2O6/c1-29(15-18-7-6-14-34-16-18)26(32)24(12-13-25(30)31)28-27(33)35-17-23-21-10-4-2-8-19(21)20-9-3-5-11-22(20)23/h2-5,8-11,18,23-24H,6-7,12-17H2,1H3,(H,28,33)(H,30,31). The molecule has 2 aliphatic rings. The van der Waals surface area contributed by atoms with Gasteiger partial charge in [0.1, 0.15) is 12.6 Å². The summed E-state index contributed by atoms with van der Waals surface area (Å²) in [6, 6.07) is 15.1. The number of amides is 2. The zero-order valence-corrected chi connectivity index (χ0v) is 19.9. The third kappa shape index (κ3) is 6.00. The van der Waals surface area contributed by atoms with Crippen LogP contribution in [0.25, 0.3) is 11.1 Å². The normalized spacial score (nSPS) is 17.7. The number of carboxylic acid groups (broad SMARTS) is 1. The zero-order valence-electron chi connectivity index (χ0n) is 19.9. The lowest BCUT2D eigenvalue weighted by molar-refractivity contribution is -0.138. The SMILES string of the molecule is CN(CC1CCCOC1)C(=O)C(CCC(=O)O)NC(=O)OCC1c2ccccc2-c2ccccc21.